The van der Waals surface area contributed by atoms with E-state index in [0.717, 1.165) is 23.0 Å². The molecule has 2 aromatic heterocycles. The molecule has 0 spiro atoms. The summed E-state index contributed by atoms with van der Waals surface area (Å²) in [6, 6.07) is 7.38. The lowest BCUT2D eigenvalue weighted by molar-refractivity contribution is -0.137. The van der Waals surface area contributed by atoms with E-state index in [9.17, 15) is 9.59 Å². The van der Waals surface area contributed by atoms with Crippen LogP contribution in [0.1, 0.15) is 17.9 Å². The topological polar surface area (TPSA) is 83.6 Å². The van der Waals surface area contributed by atoms with E-state index in [1.165, 1.54) is 4.90 Å². The largest absolute Gasteiger partial charge is 0.481 e. The van der Waals surface area contributed by atoms with Gasteiger partial charge in [0.2, 0.25) is 0 Å². The van der Waals surface area contributed by atoms with Crippen molar-refractivity contribution in [3.05, 3.63) is 46.8 Å². The number of hydrogen-bond acceptors (Lipinski definition) is 6. The molecule has 1 fully saturated rings. The molecule has 3 heterocycles. The molecular formula is C17H14N2O4S2. The van der Waals surface area contributed by atoms with E-state index in [4.69, 9.17) is 21.7 Å². The van der Waals surface area contributed by atoms with Crippen molar-refractivity contribution in [2.24, 2.45) is 0 Å². The molecular weight excluding hydrogens is 360 g/mol. The maximum atomic E-state index is 12.4. The second-order valence-electron chi connectivity index (χ2n) is 5.37. The highest BCUT2D eigenvalue weighted by molar-refractivity contribution is 8.26. The number of carboxylic acids is 1. The van der Waals surface area contributed by atoms with Crippen molar-refractivity contribution < 1.29 is 19.1 Å². The summed E-state index contributed by atoms with van der Waals surface area (Å²) in [5.74, 6) is -0.0963. The maximum absolute atomic E-state index is 12.4. The minimum absolute atomic E-state index is 0.0653. The van der Waals surface area contributed by atoms with E-state index >= 15 is 0 Å². The molecule has 1 aliphatic heterocycles. The molecule has 0 atom stereocenters. The number of thioether (sulfide) groups is 1. The number of carboxylic acid groups (broad SMARTS) is 1. The number of carbonyl (C=O) groups is 2. The Morgan fingerprint density at radius 2 is 2.20 bits per heavy atom. The zero-order valence-electron chi connectivity index (χ0n) is 13.3. The molecule has 3 rings (SSSR count). The monoisotopic (exact) mass is 374 g/mol. The lowest BCUT2D eigenvalue weighted by atomic mass is 10.2. The van der Waals surface area contributed by atoms with Crippen LogP contribution in [-0.2, 0) is 9.59 Å². The van der Waals surface area contributed by atoms with Gasteiger partial charge in [0.15, 0.2) is 0 Å². The van der Waals surface area contributed by atoms with Gasteiger partial charge in [-0.1, -0.05) is 24.0 Å². The zero-order valence-corrected chi connectivity index (χ0v) is 14.9. The molecule has 1 amide bonds. The summed E-state index contributed by atoms with van der Waals surface area (Å²) in [5.41, 5.74) is 1.76. The average molecular weight is 374 g/mol. The van der Waals surface area contributed by atoms with Crippen molar-refractivity contribution in [2.75, 3.05) is 6.54 Å². The molecule has 0 saturated carbocycles. The van der Waals surface area contributed by atoms with Crippen molar-refractivity contribution >= 4 is 46.3 Å². The van der Waals surface area contributed by atoms with Gasteiger partial charge in [-0.15, -0.1) is 0 Å². The van der Waals surface area contributed by atoms with Gasteiger partial charge in [0, 0.05) is 30.1 Å². The summed E-state index contributed by atoms with van der Waals surface area (Å²) >= 11 is 6.29. The molecule has 0 radical (unpaired) electrons. The van der Waals surface area contributed by atoms with Crippen LogP contribution in [0.25, 0.3) is 17.4 Å². The first-order valence-corrected chi connectivity index (χ1v) is 8.66. The third-order valence-electron chi connectivity index (χ3n) is 3.52. The van der Waals surface area contributed by atoms with Crippen molar-refractivity contribution in [3.63, 3.8) is 0 Å². The number of aryl methyl sites for hydroxylation is 1. The third-order valence-corrected chi connectivity index (χ3v) is 4.90. The Kier molecular flexibility index (Phi) is 5.00. The number of rotatable bonds is 5. The van der Waals surface area contributed by atoms with Crippen LogP contribution < -0.4 is 0 Å². The van der Waals surface area contributed by atoms with E-state index in [1.807, 2.05) is 25.1 Å². The molecule has 8 heteroatoms. The van der Waals surface area contributed by atoms with Crippen molar-refractivity contribution in [3.8, 4) is 11.3 Å². The summed E-state index contributed by atoms with van der Waals surface area (Å²) in [6.07, 6.45) is 3.19. The van der Waals surface area contributed by atoms with E-state index in [-0.39, 0.29) is 18.9 Å². The molecule has 0 aliphatic carbocycles. The van der Waals surface area contributed by atoms with E-state index in [1.54, 1.807) is 18.3 Å². The number of furan rings is 1. The Balaban J connectivity index is 1.77. The smallest absolute Gasteiger partial charge is 0.305 e. The number of aliphatic carboxylic acids is 1. The first-order valence-electron chi connectivity index (χ1n) is 7.44. The molecule has 1 N–H and O–H groups in total. The molecule has 1 saturated heterocycles. The summed E-state index contributed by atoms with van der Waals surface area (Å²) in [6.45, 7) is 1.97. The Morgan fingerprint density at radius 3 is 2.88 bits per heavy atom. The van der Waals surface area contributed by atoms with Crippen LogP contribution in [0.15, 0.2) is 39.8 Å². The second kappa shape index (κ2) is 7.20. The number of aromatic nitrogens is 1. The fourth-order valence-corrected chi connectivity index (χ4v) is 3.52. The van der Waals surface area contributed by atoms with Gasteiger partial charge < -0.3 is 9.52 Å². The van der Waals surface area contributed by atoms with Crippen LogP contribution in [0, 0.1) is 6.92 Å². The molecule has 0 bridgehead atoms. The lowest BCUT2D eigenvalue weighted by Gasteiger charge is -2.12. The van der Waals surface area contributed by atoms with Gasteiger partial charge in [-0.25, -0.2) is 0 Å². The first kappa shape index (κ1) is 17.4. The van der Waals surface area contributed by atoms with Crippen molar-refractivity contribution in [1.29, 1.82) is 0 Å². The standard InChI is InChI=1S/C17H14N2O4S2/c1-10-2-3-11(9-18-10)13-5-4-12(23-13)8-14-16(22)19(17(24)25-14)7-6-15(20)21/h2-5,8-9H,6-7H2,1H3,(H,20,21). The van der Waals surface area contributed by atoms with Gasteiger partial charge in [0.25, 0.3) is 5.91 Å². The minimum atomic E-state index is -0.972. The Hall–Kier alpha value is -2.45. The van der Waals surface area contributed by atoms with Gasteiger partial charge in [-0.3, -0.25) is 19.5 Å². The molecule has 6 nitrogen and oxygen atoms in total. The summed E-state index contributed by atoms with van der Waals surface area (Å²) in [5, 5.41) is 8.75. The van der Waals surface area contributed by atoms with E-state index in [0.29, 0.717) is 20.7 Å². The van der Waals surface area contributed by atoms with Crippen LogP contribution in [0.3, 0.4) is 0 Å². The molecule has 0 unspecified atom stereocenters. The maximum Gasteiger partial charge on any atom is 0.305 e. The highest BCUT2D eigenvalue weighted by atomic mass is 32.2. The van der Waals surface area contributed by atoms with E-state index < -0.39 is 5.97 Å². The lowest BCUT2D eigenvalue weighted by Crippen LogP contribution is -2.30. The summed E-state index contributed by atoms with van der Waals surface area (Å²) in [4.78, 5) is 29.0. The number of hydrogen-bond donors (Lipinski definition) is 1. The molecule has 128 valence electrons. The Labute approximate surface area is 153 Å². The SMILES string of the molecule is Cc1ccc(-c2ccc(C=C3SC(=S)N(CCC(=O)O)C3=O)o2)cn1. The molecule has 25 heavy (non-hydrogen) atoms. The van der Waals surface area contributed by atoms with Crippen molar-refractivity contribution in [2.45, 2.75) is 13.3 Å². The van der Waals surface area contributed by atoms with Crippen LogP contribution in [0.2, 0.25) is 0 Å². The normalized spacial score (nSPS) is 16.0. The minimum Gasteiger partial charge on any atom is -0.481 e. The number of thiocarbonyl (C=S) groups is 1. The molecule has 1 aliphatic rings. The summed E-state index contributed by atoms with van der Waals surface area (Å²) < 4.78 is 6.10. The molecule has 2 aromatic rings. The third kappa shape index (κ3) is 3.97. The van der Waals surface area contributed by atoms with Crippen LogP contribution in [-0.4, -0.2) is 37.7 Å². The van der Waals surface area contributed by atoms with Gasteiger partial charge >= 0.3 is 5.97 Å². The number of nitrogens with zero attached hydrogens (tertiary/aromatic N) is 2. The number of carbonyl (C=O) groups excluding carboxylic acids is 1. The van der Waals surface area contributed by atoms with Gasteiger partial charge in [0.05, 0.1) is 11.3 Å². The Bertz CT molecular complexity index is 871. The second-order valence-corrected chi connectivity index (χ2v) is 7.04. The van der Waals surface area contributed by atoms with Crippen LogP contribution in [0.5, 0.6) is 0 Å². The highest BCUT2D eigenvalue weighted by Crippen LogP contribution is 2.33. The molecule has 0 aromatic carbocycles. The van der Waals surface area contributed by atoms with Gasteiger partial charge in [-0.2, -0.15) is 0 Å². The predicted molar refractivity (Wildman–Crippen MR) is 98.8 cm³/mol. The van der Waals surface area contributed by atoms with Gasteiger partial charge in [-0.05, 0) is 31.2 Å². The van der Waals surface area contributed by atoms with E-state index in [2.05, 4.69) is 4.98 Å². The van der Waals surface area contributed by atoms with Crippen LogP contribution >= 0.6 is 24.0 Å². The predicted octanol–water partition coefficient (Wildman–Crippen LogP) is 3.33. The number of amides is 1. The van der Waals surface area contributed by atoms with Crippen molar-refractivity contribution in [1.82, 2.24) is 9.88 Å². The zero-order chi connectivity index (χ0) is 18.0. The quantitative estimate of drug-likeness (QED) is 0.635. The number of pyridine rings is 1. The summed E-state index contributed by atoms with van der Waals surface area (Å²) in [7, 11) is 0. The first-order chi connectivity index (χ1) is 11.9. The highest BCUT2D eigenvalue weighted by Gasteiger charge is 2.32. The fraction of sp³-hybridized carbons (Fsp3) is 0.176. The average Bonchev–Trinajstić information content (AvgIpc) is 3.12. The van der Waals surface area contributed by atoms with Crippen LogP contribution in [0.4, 0.5) is 0 Å². The Morgan fingerprint density at radius 1 is 1.40 bits per heavy atom. The van der Waals surface area contributed by atoms with Gasteiger partial charge in [0.1, 0.15) is 15.8 Å². The fourth-order valence-electron chi connectivity index (χ4n) is 2.23.